The first-order valence-electron chi connectivity index (χ1n) is 5.79. The average Bonchev–Trinajstić information content (AvgIpc) is 2.94. The molecule has 0 saturated carbocycles. The Kier molecular flexibility index (Phi) is 2.87. The number of nitrogens with zero attached hydrogens (tertiary/aromatic N) is 4. The summed E-state index contributed by atoms with van der Waals surface area (Å²) >= 11 is 1.22. The van der Waals surface area contributed by atoms with Crippen LogP contribution in [0.1, 0.15) is 10.6 Å². The smallest absolute Gasteiger partial charge is 0.320 e. The van der Waals surface area contributed by atoms with Crippen molar-refractivity contribution in [1.82, 2.24) is 10.3 Å². The van der Waals surface area contributed by atoms with Crippen LogP contribution in [0, 0.1) is 6.92 Å². The molecule has 20 heavy (non-hydrogen) atoms. The van der Waals surface area contributed by atoms with E-state index in [0.29, 0.717) is 10.6 Å². The average molecular weight is 289 g/mol. The molecule has 0 unspecified atom stereocenters. The molecular weight excluding hydrogens is 278 g/mol. The minimum Gasteiger partial charge on any atom is -0.857 e. The highest BCUT2D eigenvalue weighted by Gasteiger charge is 2.12. The first kappa shape index (κ1) is 12.5. The number of pyridine rings is 1. The zero-order chi connectivity index (χ0) is 14.3. The molecule has 102 valence electrons. The number of aryl methyl sites for hydroxylation is 2. The molecule has 3 aromatic rings. The highest BCUT2D eigenvalue weighted by Crippen LogP contribution is 2.32. The Hall–Kier alpha value is -2.48. The van der Waals surface area contributed by atoms with E-state index in [1.807, 2.05) is 19.1 Å². The molecule has 0 amide bonds. The van der Waals surface area contributed by atoms with E-state index in [0.717, 1.165) is 15.9 Å². The van der Waals surface area contributed by atoms with E-state index in [9.17, 15) is 5.11 Å². The number of fused-ring (bicyclic) bond motifs is 1. The van der Waals surface area contributed by atoms with E-state index < -0.39 is 5.90 Å². The number of nitrogens with two attached hydrogens (primary N) is 1. The fourth-order valence-electron chi connectivity index (χ4n) is 1.76. The van der Waals surface area contributed by atoms with Crippen molar-refractivity contribution < 1.29 is 14.3 Å². The molecule has 2 N–H and O–H groups in total. The quantitative estimate of drug-likeness (QED) is 0.418. The van der Waals surface area contributed by atoms with Gasteiger partial charge in [0.2, 0.25) is 0 Å². The Morgan fingerprint density at radius 3 is 3.00 bits per heavy atom. The minimum absolute atomic E-state index is 0.137. The predicted molar refractivity (Wildman–Crippen MR) is 72.6 cm³/mol. The van der Waals surface area contributed by atoms with Gasteiger partial charge in [-0.1, -0.05) is 4.68 Å². The van der Waals surface area contributed by atoms with Crippen LogP contribution in [0.15, 0.2) is 27.8 Å². The number of aliphatic imine (C=N–C) groups is 1. The maximum atomic E-state index is 12.1. The summed E-state index contributed by atoms with van der Waals surface area (Å²) in [5.41, 5.74) is 7.26. The zero-order valence-electron chi connectivity index (χ0n) is 10.8. The van der Waals surface area contributed by atoms with Crippen LogP contribution >= 0.6 is 11.3 Å². The Morgan fingerprint density at radius 1 is 1.50 bits per heavy atom. The van der Waals surface area contributed by atoms with Crippen LogP contribution in [0.4, 0.5) is 11.6 Å². The topological polar surface area (TPSA) is 104 Å². The van der Waals surface area contributed by atoms with Crippen LogP contribution < -0.4 is 15.5 Å². The van der Waals surface area contributed by atoms with Crippen molar-refractivity contribution in [2.24, 2.45) is 12.0 Å². The molecule has 3 aromatic heterocycles. The molecule has 0 saturated heterocycles. The highest BCUT2D eigenvalue weighted by molar-refractivity contribution is 7.21. The molecule has 0 spiro atoms. The second kappa shape index (κ2) is 4.57. The van der Waals surface area contributed by atoms with Gasteiger partial charge in [0.15, 0.2) is 12.3 Å². The molecule has 0 bridgehead atoms. The third kappa shape index (κ3) is 2.10. The lowest BCUT2D eigenvalue weighted by Gasteiger charge is -2.06. The maximum absolute atomic E-state index is 12.1. The minimum atomic E-state index is -0.458. The van der Waals surface area contributed by atoms with Crippen molar-refractivity contribution >= 4 is 39.0 Å². The number of nitrogen functional groups attached to an aromatic ring is 1. The lowest BCUT2D eigenvalue weighted by molar-refractivity contribution is -0.739. The van der Waals surface area contributed by atoms with Gasteiger partial charge in [0.1, 0.15) is 4.83 Å². The largest absolute Gasteiger partial charge is 0.857 e. The standard InChI is InChI=1S/C12H11N5O2S/c1-6-3-4-7-9(13)10(20-12(7)14-6)11(18)15-8-5-17(2)16-19-8/h3-5H,1-2H3,(H2-,13,15,16,18). The first-order valence-corrected chi connectivity index (χ1v) is 6.60. The van der Waals surface area contributed by atoms with E-state index in [1.54, 1.807) is 7.05 Å². The van der Waals surface area contributed by atoms with E-state index >= 15 is 0 Å². The molecular formula is C12H11N5O2S. The fraction of sp³-hybridized carbons (Fsp3) is 0.167. The lowest BCUT2D eigenvalue weighted by Crippen LogP contribution is -2.27. The van der Waals surface area contributed by atoms with E-state index in [1.165, 1.54) is 22.2 Å². The van der Waals surface area contributed by atoms with Gasteiger partial charge >= 0.3 is 5.88 Å². The molecule has 3 heterocycles. The van der Waals surface area contributed by atoms with Crippen LogP contribution in [-0.4, -0.2) is 16.2 Å². The van der Waals surface area contributed by atoms with Gasteiger partial charge in [0, 0.05) is 17.0 Å². The number of anilines is 1. The molecule has 0 atom stereocenters. The van der Waals surface area contributed by atoms with Crippen molar-refractivity contribution in [2.45, 2.75) is 6.92 Å². The van der Waals surface area contributed by atoms with Gasteiger partial charge < -0.3 is 10.8 Å². The van der Waals surface area contributed by atoms with Crippen molar-refractivity contribution in [2.75, 3.05) is 5.73 Å². The summed E-state index contributed by atoms with van der Waals surface area (Å²) in [6.07, 6.45) is 1.50. The highest BCUT2D eigenvalue weighted by atomic mass is 32.1. The van der Waals surface area contributed by atoms with Crippen LogP contribution in [0.25, 0.3) is 10.2 Å². The summed E-state index contributed by atoms with van der Waals surface area (Å²) in [4.78, 5) is 9.28. The van der Waals surface area contributed by atoms with Gasteiger partial charge in [-0.3, -0.25) is 4.52 Å². The van der Waals surface area contributed by atoms with Gasteiger partial charge in [0.25, 0.3) is 6.20 Å². The lowest BCUT2D eigenvalue weighted by atomic mass is 10.2. The van der Waals surface area contributed by atoms with Gasteiger partial charge in [0.05, 0.1) is 10.6 Å². The molecule has 7 nitrogen and oxygen atoms in total. The number of aromatic nitrogens is 3. The van der Waals surface area contributed by atoms with Crippen LogP contribution in [-0.2, 0) is 7.05 Å². The van der Waals surface area contributed by atoms with E-state index in [2.05, 4.69) is 15.2 Å². The summed E-state index contributed by atoms with van der Waals surface area (Å²) in [5.74, 6) is -0.321. The van der Waals surface area contributed by atoms with Gasteiger partial charge in [-0.05, 0) is 19.1 Å². The number of hydrogen-bond donors (Lipinski definition) is 1. The molecule has 0 fully saturated rings. The Morgan fingerprint density at radius 2 is 2.30 bits per heavy atom. The summed E-state index contributed by atoms with van der Waals surface area (Å²) in [6, 6.07) is 3.71. The summed E-state index contributed by atoms with van der Waals surface area (Å²) in [7, 11) is 1.67. The monoisotopic (exact) mass is 289 g/mol. The molecule has 0 aliphatic rings. The predicted octanol–water partition coefficient (Wildman–Crippen LogP) is 0.438. The molecule has 0 aliphatic heterocycles. The molecule has 0 aromatic carbocycles. The molecule has 0 radical (unpaired) electrons. The second-order valence-corrected chi connectivity index (χ2v) is 5.28. The SMILES string of the molecule is Cc1ccc2c(N)c(/C([O-])=N/c3c[n+](C)no3)sc2n1. The Bertz CT molecular complexity index is 820. The summed E-state index contributed by atoms with van der Waals surface area (Å²) in [5, 5.41) is 16.5. The summed E-state index contributed by atoms with van der Waals surface area (Å²) in [6.45, 7) is 1.88. The Balaban J connectivity index is 2.09. The molecule has 0 aliphatic carbocycles. The first-order chi connectivity index (χ1) is 9.54. The van der Waals surface area contributed by atoms with Crippen LogP contribution in [0.2, 0.25) is 0 Å². The van der Waals surface area contributed by atoms with Gasteiger partial charge in [-0.25, -0.2) is 9.98 Å². The van der Waals surface area contributed by atoms with Crippen molar-refractivity contribution in [3.8, 4) is 0 Å². The van der Waals surface area contributed by atoms with Gasteiger partial charge in [-0.15, -0.1) is 11.3 Å². The Labute approximate surface area is 118 Å². The third-order valence-corrected chi connectivity index (χ3v) is 3.80. The molecule has 8 heteroatoms. The number of hydrogen-bond acceptors (Lipinski definition) is 7. The van der Waals surface area contributed by atoms with E-state index in [-0.39, 0.29) is 5.88 Å². The molecule has 3 rings (SSSR count). The van der Waals surface area contributed by atoms with Crippen molar-refractivity contribution in [3.05, 3.63) is 28.9 Å². The van der Waals surface area contributed by atoms with Gasteiger partial charge in [-0.2, -0.15) is 0 Å². The zero-order valence-corrected chi connectivity index (χ0v) is 11.6. The second-order valence-electron chi connectivity index (χ2n) is 4.28. The maximum Gasteiger partial charge on any atom is 0.320 e. The summed E-state index contributed by atoms with van der Waals surface area (Å²) < 4.78 is 6.29. The number of thiophene rings is 1. The normalized spacial score (nSPS) is 12.2. The number of rotatable bonds is 2. The van der Waals surface area contributed by atoms with Crippen molar-refractivity contribution in [3.63, 3.8) is 0 Å². The van der Waals surface area contributed by atoms with E-state index in [4.69, 9.17) is 10.3 Å². The fourth-order valence-corrected chi connectivity index (χ4v) is 2.79. The third-order valence-electron chi connectivity index (χ3n) is 2.70. The van der Waals surface area contributed by atoms with Crippen LogP contribution in [0.5, 0.6) is 0 Å². The van der Waals surface area contributed by atoms with Crippen molar-refractivity contribution in [1.29, 1.82) is 0 Å². The van der Waals surface area contributed by atoms with Crippen LogP contribution in [0.3, 0.4) is 0 Å².